The van der Waals surface area contributed by atoms with Gasteiger partial charge in [0.15, 0.2) is 0 Å². The molecule has 0 saturated heterocycles. The highest BCUT2D eigenvalue weighted by atomic mass is 19.1. The molecule has 0 spiro atoms. The van der Waals surface area contributed by atoms with E-state index in [0.717, 1.165) is 11.4 Å². The molecule has 0 radical (unpaired) electrons. The van der Waals surface area contributed by atoms with Gasteiger partial charge >= 0.3 is 0 Å². The van der Waals surface area contributed by atoms with E-state index in [1.54, 1.807) is 35.6 Å². The first kappa shape index (κ1) is 19.7. The number of hydrogen-bond acceptors (Lipinski definition) is 3. The van der Waals surface area contributed by atoms with E-state index < -0.39 is 0 Å². The minimum absolute atomic E-state index is 0.0688. The van der Waals surface area contributed by atoms with Crippen LogP contribution in [0.5, 0.6) is 0 Å². The maximum Gasteiger partial charge on any atom is 0.223 e. The summed E-state index contributed by atoms with van der Waals surface area (Å²) in [5.74, 6) is 0.816. The maximum absolute atomic E-state index is 14.0. The summed E-state index contributed by atoms with van der Waals surface area (Å²) in [5.41, 5.74) is 1.56. The number of amides is 1. The minimum atomic E-state index is -0.245. The Morgan fingerprint density at radius 1 is 1.14 bits per heavy atom. The summed E-state index contributed by atoms with van der Waals surface area (Å²) in [7, 11) is 0. The fourth-order valence-corrected chi connectivity index (χ4v) is 3.04. The molecule has 3 rings (SSSR count). The van der Waals surface area contributed by atoms with Gasteiger partial charge in [-0.05, 0) is 23.6 Å². The number of pyridine rings is 1. The summed E-state index contributed by atoms with van der Waals surface area (Å²) in [6.07, 6.45) is 7.45. The highest BCUT2D eigenvalue weighted by Crippen LogP contribution is 2.15. The number of carbonyl (C=O) groups excluding carboxylic acids is 1. The molecule has 0 bridgehead atoms. The van der Waals surface area contributed by atoms with Crippen molar-refractivity contribution in [1.29, 1.82) is 0 Å². The van der Waals surface area contributed by atoms with Crippen molar-refractivity contribution in [2.24, 2.45) is 5.92 Å². The molecule has 5 nitrogen and oxygen atoms in total. The molecule has 1 amide bonds. The fraction of sp³-hybridized carbons (Fsp3) is 0.318. The second-order valence-corrected chi connectivity index (χ2v) is 7.27. The van der Waals surface area contributed by atoms with Crippen LogP contribution in [0.3, 0.4) is 0 Å². The standard InChI is InChI=1S/C22H25FN4O/c1-17(2)12-22(28)27(14-18-6-5-9-24-13-18)16-21-25-10-11-26(21)15-19-7-3-4-8-20(19)23/h3-11,13,17H,12,14-16H2,1-2H3. The molecule has 2 aromatic heterocycles. The van der Waals surface area contributed by atoms with Gasteiger partial charge in [-0.2, -0.15) is 0 Å². The molecule has 0 fully saturated rings. The van der Waals surface area contributed by atoms with E-state index in [-0.39, 0.29) is 17.6 Å². The number of carbonyl (C=O) groups is 1. The van der Waals surface area contributed by atoms with Crippen LogP contribution in [0.2, 0.25) is 0 Å². The van der Waals surface area contributed by atoms with Crippen molar-refractivity contribution in [3.8, 4) is 0 Å². The molecule has 0 atom stereocenters. The van der Waals surface area contributed by atoms with E-state index in [2.05, 4.69) is 9.97 Å². The second-order valence-electron chi connectivity index (χ2n) is 7.27. The van der Waals surface area contributed by atoms with Crippen molar-refractivity contribution in [2.75, 3.05) is 0 Å². The summed E-state index contributed by atoms with van der Waals surface area (Å²) in [5, 5.41) is 0. The number of rotatable bonds is 8. The van der Waals surface area contributed by atoms with E-state index in [0.29, 0.717) is 31.6 Å². The molecule has 6 heteroatoms. The van der Waals surface area contributed by atoms with Crippen molar-refractivity contribution in [3.05, 3.63) is 84.0 Å². The van der Waals surface area contributed by atoms with Crippen LogP contribution in [0.15, 0.2) is 61.2 Å². The van der Waals surface area contributed by atoms with Crippen LogP contribution in [-0.2, 0) is 24.4 Å². The molecule has 2 heterocycles. The number of benzene rings is 1. The minimum Gasteiger partial charge on any atom is -0.331 e. The summed E-state index contributed by atoms with van der Waals surface area (Å²) in [6, 6.07) is 10.5. The zero-order valence-corrected chi connectivity index (χ0v) is 16.3. The summed E-state index contributed by atoms with van der Waals surface area (Å²) in [4.78, 5) is 23.2. The molecular weight excluding hydrogens is 355 g/mol. The highest BCUT2D eigenvalue weighted by molar-refractivity contribution is 5.76. The summed E-state index contributed by atoms with van der Waals surface area (Å²) >= 11 is 0. The number of hydrogen-bond donors (Lipinski definition) is 0. The van der Waals surface area contributed by atoms with Crippen LogP contribution in [0, 0.1) is 11.7 Å². The largest absolute Gasteiger partial charge is 0.331 e. The van der Waals surface area contributed by atoms with Gasteiger partial charge in [0.2, 0.25) is 5.91 Å². The van der Waals surface area contributed by atoms with Gasteiger partial charge in [0.1, 0.15) is 11.6 Å². The molecular formula is C22H25FN4O. The van der Waals surface area contributed by atoms with Crippen LogP contribution < -0.4 is 0 Å². The number of imidazole rings is 1. The topological polar surface area (TPSA) is 51.0 Å². The zero-order chi connectivity index (χ0) is 19.9. The number of halogens is 1. The Hall–Kier alpha value is -3.02. The lowest BCUT2D eigenvalue weighted by Gasteiger charge is -2.24. The van der Waals surface area contributed by atoms with Gasteiger partial charge in [-0.25, -0.2) is 9.37 Å². The normalized spacial score (nSPS) is 11.0. The third kappa shape index (κ3) is 5.25. The van der Waals surface area contributed by atoms with Crippen molar-refractivity contribution in [2.45, 2.75) is 39.9 Å². The van der Waals surface area contributed by atoms with Crippen molar-refractivity contribution < 1.29 is 9.18 Å². The predicted molar refractivity (Wildman–Crippen MR) is 106 cm³/mol. The van der Waals surface area contributed by atoms with E-state index in [9.17, 15) is 9.18 Å². The maximum atomic E-state index is 14.0. The van der Waals surface area contributed by atoms with Gasteiger partial charge in [0, 0.05) is 43.3 Å². The third-order valence-corrected chi connectivity index (χ3v) is 4.46. The first-order valence-corrected chi connectivity index (χ1v) is 9.43. The van der Waals surface area contributed by atoms with Gasteiger partial charge in [-0.3, -0.25) is 9.78 Å². The van der Waals surface area contributed by atoms with Gasteiger partial charge in [-0.15, -0.1) is 0 Å². The SMILES string of the molecule is CC(C)CC(=O)N(Cc1cccnc1)Cc1nccn1Cc1ccccc1F. The Morgan fingerprint density at radius 2 is 1.96 bits per heavy atom. The average Bonchev–Trinajstić information content (AvgIpc) is 3.10. The van der Waals surface area contributed by atoms with Crippen molar-refractivity contribution in [3.63, 3.8) is 0 Å². The Morgan fingerprint density at radius 3 is 2.68 bits per heavy atom. The quantitative estimate of drug-likeness (QED) is 0.593. The zero-order valence-electron chi connectivity index (χ0n) is 16.3. The number of aromatic nitrogens is 3. The third-order valence-electron chi connectivity index (χ3n) is 4.46. The molecule has 0 aliphatic rings. The Kier molecular flexibility index (Phi) is 6.53. The van der Waals surface area contributed by atoms with Gasteiger partial charge in [0.25, 0.3) is 0 Å². The van der Waals surface area contributed by atoms with Crippen LogP contribution in [0.1, 0.15) is 37.2 Å². The smallest absolute Gasteiger partial charge is 0.223 e. The molecule has 146 valence electrons. The summed E-state index contributed by atoms with van der Waals surface area (Å²) < 4.78 is 15.9. The Bertz CT molecular complexity index is 908. The average molecular weight is 380 g/mol. The van der Waals surface area contributed by atoms with Crippen molar-refractivity contribution >= 4 is 5.91 Å². The highest BCUT2D eigenvalue weighted by Gasteiger charge is 2.18. The first-order valence-electron chi connectivity index (χ1n) is 9.43. The molecule has 28 heavy (non-hydrogen) atoms. The molecule has 0 N–H and O–H groups in total. The van der Waals surface area contributed by atoms with E-state index in [4.69, 9.17) is 0 Å². The fourth-order valence-electron chi connectivity index (χ4n) is 3.04. The first-order chi connectivity index (χ1) is 13.5. The molecule has 0 unspecified atom stereocenters. The van der Waals surface area contributed by atoms with Crippen LogP contribution in [0.4, 0.5) is 4.39 Å². The van der Waals surface area contributed by atoms with Gasteiger partial charge < -0.3 is 9.47 Å². The monoisotopic (exact) mass is 380 g/mol. The molecule has 0 aliphatic heterocycles. The van der Waals surface area contributed by atoms with E-state index in [1.165, 1.54) is 6.07 Å². The van der Waals surface area contributed by atoms with Crippen LogP contribution in [0.25, 0.3) is 0 Å². The van der Waals surface area contributed by atoms with E-state index in [1.807, 2.05) is 42.8 Å². The van der Waals surface area contributed by atoms with Crippen LogP contribution in [-0.4, -0.2) is 25.3 Å². The summed E-state index contributed by atoms with van der Waals surface area (Å²) in [6.45, 7) is 5.26. The Balaban J connectivity index is 1.80. The molecule has 1 aromatic carbocycles. The van der Waals surface area contributed by atoms with Gasteiger partial charge in [0.05, 0.1) is 13.1 Å². The van der Waals surface area contributed by atoms with E-state index >= 15 is 0 Å². The number of nitrogens with zero attached hydrogens (tertiary/aromatic N) is 4. The molecule has 0 saturated carbocycles. The lowest BCUT2D eigenvalue weighted by atomic mass is 10.1. The lowest BCUT2D eigenvalue weighted by molar-refractivity contribution is -0.133. The molecule has 0 aliphatic carbocycles. The van der Waals surface area contributed by atoms with Crippen molar-refractivity contribution in [1.82, 2.24) is 19.4 Å². The predicted octanol–water partition coefficient (Wildman–Crippen LogP) is 4.04. The molecule has 3 aromatic rings. The Labute approximate surface area is 164 Å². The lowest BCUT2D eigenvalue weighted by Crippen LogP contribution is -2.32. The van der Waals surface area contributed by atoms with Gasteiger partial charge in [-0.1, -0.05) is 38.1 Å². The van der Waals surface area contributed by atoms with Crippen LogP contribution >= 0.6 is 0 Å². The second kappa shape index (κ2) is 9.26.